The Balaban J connectivity index is 1.62. The van der Waals surface area contributed by atoms with Crippen molar-refractivity contribution in [2.45, 2.75) is 6.54 Å². The van der Waals surface area contributed by atoms with Crippen molar-refractivity contribution in [1.82, 2.24) is 20.4 Å². The first-order valence-electron chi connectivity index (χ1n) is 7.93. The molecule has 2 heterocycles. The standard InChI is InChI=1S/C19H17N5O2/c25-18(24-26)8-7-14-3-5-15(6-4-14)12-22-19-21-11-9-17(23-19)16-2-1-10-20-13-16/h1-11,13,26H,12H2,(H,24,25)(H,21,22,23)/b8-7+. The third kappa shape index (κ3) is 4.71. The maximum absolute atomic E-state index is 11.0. The molecule has 7 nitrogen and oxygen atoms in total. The fraction of sp³-hybridized carbons (Fsp3) is 0.0526. The van der Waals surface area contributed by atoms with Crippen LogP contribution < -0.4 is 10.8 Å². The molecule has 0 saturated carbocycles. The molecule has 3 rings (SSSR count). The van der Waals surface area contributed by atoms with Gasteiger partial charge in [0.1, 0.15) is 0 Å². The van der Waals surface area contributed by atoms with E-state index in [1.165, 1.54) is 6.08 Å². The summed E-state index contributed by atoms with van der Waals surface area (Å²) in [6.07, 6.45) is 8.06. The number of carbonyl (C=O) groups excluding carboxylic acids is 1. The van der Waals surface area contributed by atoms with Crippen LogP contribution in [0.3, 0.4) is 0 Å². The normalized spacial score (nSPS) is 10.7. The van der Waals surface area contributed by atoms with Gasteiger partial charge in [0.2, 0.25) is 5.95 Å². The van der Waals surface area contributed by atoms with Crippen molar-refractivity contribution < 1.29 is 10.0 Å². The lowest BCUT2D eigenvalue weighted by atomic mass is 10.1. The van der Waals surface area contributed by atoms with Crippen molar-refractivity contribution >= 4 is 17.9 Å². The highest BCUT2D eigenvalue weighted by Crippen LogP contribution is 2.16. The quantitative estimate of drug-likeness (QED) is 0.360. The number of nitrogens with zero attached hydrogens (tertiary/aromatic N) is 3. The van der Waals surface area contributed by atoms with Gasteiger partial charge in [0, 0.05) is 36.8 Å². The highest BCUT2D eigenvalue weighted by molar-refractivity contribution is 5.90. The third-order valence-corrected chi connectivity index (χ3v) is 3.58. The first kappa shape index (κ1) is 17.2. The van der Waals surface area contributed by atoms with E-state index in [4.69, 9.17) is 5.21 Å². The Hall–Kier alpha value is -3.58. The zero-order chi connectivity index (χ0) is 18.2. The van der Waals surface area contributed by atoms with E-state index >= 15 is 0 Å². The minimum Gasteiger partial charge on any atom is -0.350 e. The molecular formula is C19H17N5O2. The van der Waals surface area contributed by atoms with Gasteiger partial charge in [-0.2, -0.15) is 0 Å². The maximum Gasteiger partial charge on any atom is 0.267 e. The summed E-state index contributed by atoms with van der Waals surface area (Å²) in [5.74, 6) is -0.0312. The van der Waals surface area contributed by atoms with Crippen LogP contribution in [0.25, 0.3) is 17.3 Å². The molecule has 3 N–H and O–H groups in total. The third-order valence-electron chi connectivity index (χ3n) is 3.58. The molecule has 1 amide bonds. The van der Waals surface area contributed by atoms with Crippen molar-refractivity contribution in [1.29, 1.82) is 0 Å². The Bertz CT molecular complexity index is 895. The van der Waals surface area contributed by atoms with Crippen molar-refractivity contribution in [3.63, 3.8) is 0 Å². The number of hydroxylamine groups is 1. The van der Waals surface area contributed by atoms with E-state index in [9.17, 15) is 4.79 Å². The van der Waals surface area contributed by atoms with E-state index in [0.717, 1.165) is 22.4 Å². The first-order chi connectivity index (χ1) is 12.7. The average Bonchev–Trinajstić information content (AvgIpc) is 2.72. The Morgan fingerprint density at radius 1 is 1.12 bits per heavy atom. The molecule has 2 aromatic heterocycles. The van der Waals surface area contributed by atoms with Crippen LogP contribution in [0.5, 0.6) is 0 Å². The van der Waals surface area contributed by atoms with Crippen molar-refractivity contribution in [2.75, 3.05) is 5.32 Å². The lowest BCUT2D eigenvalue weighted by Gasteiger charge is -2.07. The van der Waals surface area contributed by atoms with Crippen LogP contribution in [-0.4, -0.2) is 26.1 Å². The van der Waals surface area contributed by atoms with Gasteiger partial charge in [-0.1, -0.05) is 24.3 Å². The Labute approximate surface area is 150 Å². The summed E-state index contributed by atoms with van der Waals surface area (Å²) in [6, 6.07) is 13.3. The molecule has 1 aromatic carbocycles. The summed E-state index contributed by atoms with van der Waals surface area (Å²) < 4.78 is 0. The van der Waals surface area contributed by atoms with E-state index < -0.39 is 5.91 Å². The number of anilines is 1. The second kappa shape index (κ2) is 8.50. The monoisotopic (exact) mass is 347 g/mol. The van der Waals surface area contributed by atoms with E-state index in [1.54, 1.807) is 30.1 Å². The van der Waals surface area contributed by atoms with Crippen molar-refractivity contribution in [2.24, 2.45) is 0 Å². The summed E-state index contributed by atoms with van der Waals surface area (Å²) >= 11 is 0. The van der Waals surface area contributed by atoms with Crippen LogP contribution in [-0.2, 0) is 11.3 Å². The minimum absolute atomic E-state index is 0.537. The number of pyridine rings is 1. The number of amides is 1. The Morgan fingerprint density at radius 2 is 1.96 bits per heavy atom. The second-order valence-corrected chi connectivity index (χ2v) is 5.41. The van der Waals surface area contributed by atoms with Crippen molar-refractivity contribution in [3.05, 3.63) is 78.3 Å². The van der Waals surface area contributed by atoms with Gasteiger partial charge < -0.3 is 5.32 Å². The predicted octanol–water partition coefficient (Wildman–Crippen LogP) is 2.67. The first-order valence-corrected chi connectivity index (χ1v) is 7.93. The van der Waals surface area contributed by atoms with Gasteiger partial charge in [-0.25, -0.2) is 15.4 Å². The molecule has 0 radical (unpaired) electrons. The van der Waals surface area contributed by atoms with Crippen LogP contribution in [0.1, 0.15) is 11.1 Å². The van der Waals surface area contributed by atoms with E-state index in [-0.39, 0.29) is 0 Å². The summed E-state index contributed by atoms with van der Waals surface area (Å²) in [5.41, 5.74) is 5.18. The van der Waals surface area contributed by atoms with Crippen LogP contribution in [0, 0.1) is 0 Å². The number of nitrogens with one attached hydrogen (secondary N) is 2. The topological polar surface area (TPSA) is 100 Å². The predicted molar refractivity (Wildman–Crippen MR) is 98.0 cm³/mol. The number of rotatable bonds is 6. The molecule has 0 aliphatic carbocycles. The fourth-order valence-corrected chi connectivity index (χ4v) is 2.26. The van der Waals surface area contributed by atoms with Gasteiger partial charge in [-0.05, 0) is 35.4 Å². The molecule has 0 saturated heterocycles. The SMILES string of the molecule is O=C(/C=C/c1ccc(CNc2nccc(-c3cccnc3)n2)cc1)NO. The van der Waals surface area contributed by atoms with E-state index in [1.807, 2.05) is 42.5 Å². The molecule has 26 heavy (non-hydrogen) atoms. The molecule has 0 fully saturated rings. The zero-order valence-electron chi connectivity index (χ0n) is 13.8. The van der Waals surface area contributed by atoms with Crippen LogP contribution in [0.15, 0.2) is 67.1 Å². The molecule has 0 aliphatic rings. The fourth-order valence-electron chi connectivity index (χ4n) is 2.26. The average molecular weight is 347 g/mol. The molecule has 3 aromatic rings. The molecule has 7 heteroatoms. The Morgan fingerprint density at radius 3 is 2.69 bits per heavy atom. The molecule has 0 atom stereocenters. The molecule has 0 aliphatic heterocycles. The summed E-state index contributed by atoms with van der Waals surface area (Å²) in [6.45, 7) is 0.567. The van der Waals surface area contributed by atoms with E-state index in [0.29, 0.717) is 12.5 Å². The zero-order valence-corrected chi connectivity index (χ0v) is 13.8. The number of hydrogen-bond donors (Lipinski definition) is 3. The highest BCUT2D eigenvalue weighted by atomic mass is 16.5. The number of carbonyl (C=O) groups is 1. The second-order valence-electron chi connectivity index (χ2n) is 5.41. The largest absolute Gasteiger partial charge is 0.350 e. The Kier molecular flexibility index (Phi) is 5.64. The smallest absolute Gasteiger partial charge is 0.267 e. The summed E-state index contributed by atoms with van der Waals surface area (Å²) in [5, 5.41) is 11.6. The van der Waals surface area contributed by atoms with Gasteiger partial charge in [0.05, 0.1) is 5.69 Å². The minimum atomic E-state index is -0.568. The van der Waals surface area contributed by atoms with E-state index in [2.05, 4.69) is 20.3 Å². The lowest BCUT2D eigenvalue weighted by molar-refractivity contribution is -0.124. The van der Waals surface area contributed by atoms with Gasteiger partial charge in [0.15, 0.2) is 0 Å². The summed E-state index contributed by atoms with van der Waals surface area (Å²) in [4.78, 5) is 23.8. The molecule has 0 bridgehead atoms. The maximum atomic E-state index is 11.0. The van der Waals surface area contributed by atoms with Crippen LogP contribution in [0.2, 0.25) is 0 Å². The number of hydrogen-bond acceptors (Lipinski definition) is 6. The molecule has 0 unspecified atom stereocenters. The van der Waals surface area contributed by atoms with Crippen LogP contribution >= 0.6 is 0 Å². The molecular weight excluding hydrogens is 330 g/mol. The van der Waals surface area contributed by atoms with Gasteiger partial charge in [-0.15, -0.1) is 0 Å². The highest BCUT2D eigenvalue weighted by Gasteiger charge is 2.02. The molecule has 0 spiro atoms. The lowest BCUT2D eigenvalue weighted by Crippen LogP contribution is -2.14. The number of benzene rings is 1. The van der Waals surface area contributed by atoms with Gasteiger partial charge in [-0.3, -0.25) is 15.0 Å². The van der Waals surface area contributed by atoms with Crippen molar-refractivity contribution in [3.8, 4) is 11.3 Å². The van der Waals surface area contributed by atoms with Crippen LogP contribution in [0.4, 0.5) is 5.95 Å². The summed E-state index contributed by atoms with van der Waals surface area (Å²) in [7, 11) is 0. The van der Waals surface area contributed by atoms with Gasteiger partial charge in [0.25, 0.3) is 5.91 Å². The van der Waals surface area contributed by atoms with Gasteiger partial charge >= 0.3 is 0 Å². The number of aromatic nitrogens is 3. The molecule has 130 valence electrons.